The molecule has 0 radical (unpaired) electrons. The van der Waals surface area contributed by atoms with Crippen LogP contribution in [0.2, 0.25) is 0 Å². The zero-order chi connectivity index (χ0) is 9.90. The fourth-order valence-corrected chi connectivity index (χ4v) is 0.961. The highest BCUT2D eigenvalue weighted by molar-refractivity contribution is 5.75. The van der Waals surface area contributed by atoms with E-state index >= 15 is 0 Å². The molecule has 3 N–H and O–H groups in total. The Morgan fingerprint density at radius 1 is 1.77 bits per heavy atom. The lowest BCUT2D eigenvalue weighted by molar-refractivity contribution is -0.167. The highest BCUT2D eigenvalue weighted by atomic mass is 16.5. The molecular formula is C8H15NO4. The summed E-state index contributed by atoms with van der Waals surface area (Å²) in [7, 11) is 0. The standard InChI is InChI=1S/C8H15NO4/c1-8(3-12-4-8)5-13-7(11)6(9)2-10/h6,10H,2-5,9H2,1H3. The van der Waals surface area contributed by atoms with Gasteiger partial charge < -0.3 is 20.3 Å². The highest BCUT2D eigenvalue weighted by Gasteiger charge is 2.35. The van der Waals surface area contributed by atoms with E-state index < -0.39 is 12.0 Å². The first-order valence-corrected chi connectivity index (χ1v) is 4.18. The number of carbonyl (C=O) groups is 1. The highest BCUT2D eigenvalue weighted by Crippen LogP contribution is 2.26. The normalized spacial score (nSPS) is 21.8. The molecule has 0 aromatic carbocycles. The third-order valence-electron chi connectivity index (χ3n) is 1.96. The average Bonchev–Trinajstić information content (AvgIpc) is 2.09. The Kier molecular flexibility index (Phi) is 3.24. The number of ether oxygens (including phenoxy) is 2. The fraction of sp³-hybridized carbons (Fsp3) is 0.875. The van der Waals surface area contributed by atoms with Gasteiger partial charge in [-0.25, -0.2) is 0 Å². The molecule has 13 heavy (non-hydrogen) atoms. The number of aliphatic hydroxyl groups is 1. The Morgan fingerprint density at radius 2 is 2.38 bits per heavy atom. The van der Waals surface area contributed by atoms with Gasteiger partial charge in [-0.1, -0.05) is 6.92 Å². The summed E-state index contributed by atoms with van der Waals surface area (Å²) in [6.07, 6.45) is 0. The molecule has 1 heterocycles. The van der Waals surface area contributed by atoms with E-state index in [1.807, 2.05) is 6.92 Å². The molecule has 0 bridgehead atoms. The van der Waals surface area contributed by atoms with Crippen molar-refractivity contribution in [1.29, 1.82) is 0 Å². The van der Waals surface area contributed by atoms with E-state index in [-0.39, 0.29) is 12.0 Å². The lowest BCUT2D eigenvalue weighted by Gasteiger charge is -2.37. The summed E-state index contributed by atoms with van der Waals surface area (Å²) in [5.74, 6) is -0.560. The average molecular weight is 189 g/mol. The molecule has 1 aliphatic rings. The zero-order valence-corrected chi connectivity index (χ0v) is 7.66. The molecule has 0 saturated carbocycles. The number of hydrogen-bond acceptors (Lipinski definition) is 5. The van der Waals surface area contributed by atoms with Gasteiger partial charge in [0.2, 0.25) is 0 Å². The molecule has 0 aromatic rings. The predicted octanol–water partition coefficient (Wildman–Crippen LogP) is -1.11. The van der Waals surface area contributed by atoms with Crippen molar-refractivity contribution < 1.29 is 19.4 Å². The molecule has 1 unspecified atom stereocenters. The van der Waals surface area contributed by atoms with Gasteiger partial charge in [0.1, 0.15) is 12.6 Å². The Morgan fingerprint density at radius 3 is 2.77 bits per heavy atom. The van der Waals surface area contributed by atoms with Crippen LogP contribution in [-0.4, -0.2) is 43.5 Å². The number of esters is 1. The molecule has 1 atom stereocenters. The minimum atomic E-state index is -0.926. The van der Waals surface area contributed by atoms with Gasteiger partial charge in [-0.05, 0) is 0 Å². The Labute approximate surface area is 76.8 Å². The smallest absolute Gasteiger partial charge is 0.325 e. The second-order valence-corrected chi connectivity index (χ2v) is 3.70. The second-order valence-electron chi connectivity index (χ2n) is 3.70. The van der Waals surface area contributed by atoms with Gasteiger partial charge in [-0.3, -0.25) is 4.79 Å². The minimum absolute atomic E-state index is 0.0646. The van der Waals surface area contributed by atoms with E-state index in [0.29, 0.717) is 19.8 Å². The molecule has 76 valence electrons. The third kappa shape index (κ3) is 2.65. The maximum atomic E-state index is 11.0. The van der Waals surface area contributed by atoms with E-state index in [0.717, 1.165) is 0 Å². The number of aliphatic hydroxyl groups excluding tert-OH is 1. The zero-order valence-electron chi connectivity index (χ0n) is 7.66. The SMILES string of the molecule is CC1(COC(=O)C(N)CO)COC1. The summed E-state index contributed by atoms with van der Waals surface area (Å²) in [5, 5.41) is 8.56. The van der Waals surface area contributed by atoms with Crippen LogP contribution in [0, 0.1) is 5.41 Å². The minimum Gasteiger partial charge on any atom is -0.464 e. The number of hydrogen-bond donors (Lipinski definition) is 2. The van der Waals surface area contributed by atoms with Gasteiger partial charge in [-0.15, -0.1) is 0 Å². The summed E-state index contributed by atoms with van der Waals surface area (Å²) < 4.78 is 9.88. The van der Waals surface area contributed by atoms with Crippen LogP contribution in [0.4, 0.5) is 0 Å². The van der Waals surface area contributed by atoms with Gasteiger partial charge >= 0.3 is 5.97 Å². The van der Waals surface area contributed by atoms with Crippen LogP contribution in [0.3, 0.4) is 0 Å². The first-order chi connectivity index (χ1) is 6.07. The van der Waals surface area contributed by atoms with Crippen molar-refractivity contribution in [2.45, 2.75) is 13.0 Å². The van der Waals surface area contributed by atoms with Crippen LogP contribution in [-0.2, 0) is 14.3 Å². The summed E-state index contributed by atoms with van der Waals surface area (Å²) in [6.45, 7) is 3.10. The number of rotatable bonds is 4. The van der Waals surface area contributed by atoms with Gasteiger partial charge in [0.25, 0.3) is 0 Å². The van der Waals surface area contributed by atoms with Crippen LogP contribution in [0.1, 0.15) is 6.92 Å². The van der Waals surface area contributed by atoms with Crippen molar-refractivity contribution in [2.75, 3.05) is 26.4 Å². The molecule has 5 nitrogen and oxygen atoms in total. The Bertz CT molecular complexity index is 191. The lowest BCUT2D eigenvalue weighted by Crippen LogP contribution is -2.46. The largest absolute Gasteiger partial charge is 0.464 e. The van der Waals surface area contributed by atoms with Crippen molar-refractivity contribution in [2.24, 2.45) is 11.1 Å². The molecule has 0 aromatic heterocycles. The molecule has 0 spiro atoms. The summed E-state index contributed by atoms with van der Waals surface area (Å²) in [5.41, 5.74) is 5.18. The molecule has 1 fully saturated rings. The van der Waals surface area contributed by atoms with Crippen molar-refractivity contribution in [3.63, 3.8) is 0 Å². The Balaban J connectivity index is 2.21. The molecule has 0 aliphatic carbocycles. The fourth-order valence-electron chi connectivity index (χ4n) is 0.961. The molecular weight excluding hydrogens is 174 g/mol. The predicted molar refractivity (Wildman–Crippen MR) is 44.9 cm³/mol. The van der Waals surface area contributed by atoms with Crippen molar-refractivity contribution in [3.8, 4) is 0 Å². The molecule has 5 heteroatoms. The van der Waals surface area contributed by atoms with Gasteiger partial charge in [0.05, 0.1) is 19.8 Å². The lowest BCUT2D eigenvalue weighted by atomic mass is 9.90. The summed E-state index contributed by atoms with van der Waals surface area (Å²) in [4.78, 5) is 11.0. The van der Waals surface area contributed by atoms with E-state index in [1.165, 1.54) is 0 Å². The van der Waals surface area contributed by atoms with E-state index in [4.69, 9.17) is 20.3 Å². The summed E-state index contributed by atoms with van der Waals surface area (Å²) >= 11 is 0. The van der Waals surface area contributed by atoms with Crippen molar-refractivity contribution >= 4 is 5.97 Å². The van der Waals surface area contributed by atoms with E-state index in [2.05, 4.69) is 0 Å². The maximum Gasteiger partial charge on any atom is 0.325 e. The monoisotopic (exact) mass is 189 g/mol. The molecule has 0 amide bonds. The van der Waals surface area contributed by atoms with Gasteiger partial charge in [0, 0.05) is 5.41 Å². The van der Waals surface area contributed by atoms with Gasteiger partial charge in [0.15, 0.2) is 0 Å². The molecule has 1 rings (SSSR count). The third-order valence-corrected chi connectivity index (χ3v) is 1.96. The first kappa shape index (κ1) is 10.4. The van der Waals surface area contributed by atoms with Crippen LogP contribution >= 0.6 is 0 Å². The quantitative estimate of drug-likeness (QED) is 0.548. The van der Waals surface area contributed by atoms with E-state index in [1.54, 1.807) is 0 Å². The van der Waals surface area contributed by atoms with Crippen LogP contribution in [0.25, 0.3) is 0 Å². The van der Waals surface area contributed by atoms with Crippen LogP contribution in [0.5, 0.6) is 0 Å². The van der Waals surface area contributed by atoms with Crippen molar-refractivity contribution in [3.05, 3.63) is 0 Å². The van der Waals surface area contributed by atoms with E-state index in [9.17, 15) is 4.79 Å². The van der Waals surface area contributed by atoms with Crippen LogP contribution in [0.15, 0.2) is 0 Å². The van der Waals surface area contributed by atoms with Gasteiger partial charge in [-0.2, -0.15) is 0 Å². The topological polar surface area (TPSA) is 81.8 Å². The Hall–Kier alpha value is -0.650. The first-order valence-electron chi connectivity index (χ1n) is 4.18. The molecule has 1 saturated heterocycles. The van der Waals surface area contributed by atoms with Crippen LogP contribution < -0.4 is 5.73 Å². The number of carbonyl (C=O) groups excluding carboxylic acids is 1. The number of nitrogens with two attached hydrogens (primary N) is 1. The second kappa shape index (κ2) is 4.04. The maximum absolute atomic E-state index is 11.0. The van der Waals surface area contributed by atoms with Crippen molar-refractivity contribution in [1.82, 2.24) is 0 Å². The summed E-state index contributed by atoms with van der Waals surface area (Å²) in [6, 6.07) is -0.926. The molecule has 1 aliphatic heterocycles.